The fourth-order valence-corrected chi connectivity index (χ4v) is 5.02. The summed E-state index contributed by atoms with van der Waals surface area (Å²) in [5.74, 6) is -1.36. The predicted octanol–water partition coefficient (Wildman–Crippen LogP) is 3.12. The number of thiazole rings is 1. The Labute approximate surface area is 185 Å². The Morgan fingerprint density at radius 1 is 1.38 bits per heavy atom. The van der Waals surface area contributed by atoms with Crippen LogP contribution in [0.1, 0.15) is 41.4 Å². The molecule has 1 fully saturated rings. The molecule has 8 nitrogen and oxygen atoms in total. The Hall–Kier alpha value is -3.15. The molecule has 0 aliphatic carbocycles. The maximum absolute atomic E-state index is 13.7. The van der Waals surface area contributed by atoms with Gasteiger partial charge in [-0.15, -0.1) is 0 Å². The van der Waals surface area contributed by atoms with E-state index in [2.05, 4.69) is 10.3 Å². The number of alkyl halides is 3. The molecule has 4 amide bonds. The van der Waals surface area contributed by atoms with Crippen LogP contribution in [0.3, 0.4) is 0 Å². The molecule has 1 aromatic heterocycles. The molecule has 0 bridgehead atoms. The van der Waals surface area contributed by atoms with Gasteiger partial charge in [-0.25, -0.2) is 9.78 Å². The number of amides is 4. The summed E-state index contributed by atoms with van der Waals surface area (Å²) in [4.78, 5) is 42.4. The first-order valence-corrected chi connectivity index (χ1v) is 10.6. The third-order valence-corrected chi connectivity index (χ3v) is 6.97. The van der Waals surface area contributed by atoms with Gasteiger partial charge in [0.25, 0.3) is 5.91 Å². The second kappa shape index (κ2) is 7.47. The molecule has 0 radical (unpaired) electrons. The van der Waals surface area contributed by atoms with E-state index in [4.69, 9.17) is 5.73 Å². The summed E-state index contributed by atoms with van der Waals surface area (Å²) >= 11 is 1.09. The Morgan fingerprint density at radius 2 is 2.09 bits per heavy atom. The molecule has 0 saturated carbocycles. The minimum Gasteiger partial charge on any atom is -0.368 e. The van der Waals surface area contributed by atoms with Crippen LogP contribution >= 0.6 is 11.3 Å². The molecule has 1 saturated heterocycles. The number of carbonyl (C=O) groups is 3. The van der Waals surface area contributed by atoms with Gasteiger partial charge in [-0.05, 0) is 49.9 Å². The SMILES string of the molecule is Cc1nc(NC(=O)N2CCCC2C(N)=O)sc1-c1ccc2c(c1)[C@@](C)(C(F)(F)F)NC2=O. The molecule has 2 aliphatic heterocycles. The number of halogens is 3. The van der Waals surface area contributed by atoms with Crippen molar-refractivity contribution in [1.29, 1.82) is 0 Å². The van der Waals surface area contributed by atoms with Crippen LogP contribution in [-0.4, -0.2) is 46.5 Å². The van der Waals surface area contributed by atoms with Gasteiger partial charge in [-0.3, -0.25) is 14.9 Å². The highest BCUT2D eigenvalue weighted by Crippen LogP contribution is 2.45. The number of nitrogens with zero attached hydrogens (tertiary/aromatic N) is 2. The number of primary amides is 1. The van der Waals surface area contributed by atoms with E-state index >= 15 is 0 Å². The molecule has 12 heteroatoms. The first-order chi connectivity index (χ1) is 14.9. The van der Waals surface area contributed by atoms with Crippen LogP contribution in [0.15, 0.2) is 18.2 Å². The van der Waals surface area contributed by atoms with Crippen LogP contribution in [-0.2, 0) is 10.3 Å². The summed E-state index contributed by atoms with van der Waals surface area (Å²) in [6.07, 6.45) is -3.53. The van der Waals surface area contributed by atoms with Crippen LogP contribution in [0.25, 0.3) is 10.4 Å². The Bertz CT molecular complexity index is 1130. The molecular formula is C20H20F3N5O3S. The van der Waals surface area contributed by atoms with Crippen molar-refractivity contribution >= 4 is 34.3 Å². The number of aromatic nitrogens is 1. The minimum absolute atomic E-state index is 0.0317. The Kier molecular flexibility index (Phi) is 5.15. The summed E-state index contributed by atoms with van der Waals surface area (Å²) in [6.45, 7) is 2.98. The highest BCUT2D eigenvalue weighted by Gasteiger charge is 2.58. The molecule has 0 spiro atoms. The normalized spacial score (nSPS) is 22.6. The number of nitrogens with two attached hydrogens (primary N) is 1. The second-order valence-corrected chi connectivity index (χ2v) is 8.95. The predicted molar refractivity (Wildman–Crippen MR) is 111 cm³/mol. The van der Waals surface area contributed by atoms with Gasteiger partial charge in [0.1, 0.15) is 6.04 Å². The Balaban J connectivity index is 1.63. The molecule has 2 aliphatic rings. The van der Waals surface area contributed by atoms with Gasteiger partial charge in [0.2, 0.25) is 5.91 Å². The van der Waals surface area contributed by atoms with Crippen molar-refractivity contribution in [3.8, 4) is 10.4 Å². The molecule has 4 N–H and O–H groups in total. The van der Waals surface area contributed by atoms with Gasteiger partial charge in [-0.1, -0.05) is 17.4 Å². The highest BCUT2D eigenvalue weighted by atomic mass is 32.1. The standard InChI is InChI=1S/C20H20F3N5O3S/c1-9-14(32-17(25-9)26-18(31)28-7-3-4-13(28)15(24)29)10-5-6-11-12(8-10)19(2,20(21,22)23)27-16(11)30/h5-6,8,13H,3-4,7H2,1-2H3,(H2,24,29)(H,27,30)(H,25,26,31)/t13?,19-/m0/s1. The van der Waals surface area contributed by atoms with E-state index in [1.807, 2.05) is 5.32 Å². The van der Waals surface area contributed by atoms with Gasteiger partial charge in [-0.2, -0.15) is 13.2 Å². The molecule has 1 unspecified atom stereocenters. The molecule has 4 rings (SSSR count). The highest BCUT2D eigenvalue weighted by molar-refractivity contribution is 7.19. The van der Waals surface area contributed by atoms with Gasteiger partial charge < -0.3 is 16.0 Å². The number of aryl methyl sites for hydroxylation is 1. The number of hydrogen-bond acceptors (Lipinski definition) is 5. The van der Waals surface area contributed by atoms with Crippen molar-refractivity contribution in [2.45, 2.75) is 44.4 Å². The topological polar surface area (TPSA) is 117 Å². The van der Waals surface area contributed by atoms with Crippen molar-refractivity contribution in [1.82, 2.24) is 15.2 Å². The maximum Gasteiger partial charge on any atom is 0.415 e. The van der Waals surface area contributed by atoms with E-state index in [0.717, 1.165) is 18.3 Å². The second-order valence-electron chi connectivity index (χ2n) is 7.95. The van der Waals surface area contributed by atoms with Crippen LogP contribution in [0.2, 0.25) is 0 Å². The average Bonchev–Trinajstić information content (AvgIpc) is 3.39. The number of benzene rings is 1. The Morgan fingerprint density at radius 3 is 2.75 bits per heavy atom. The number of urea groups is 1. The molecule has 1 aromatic carbocycles. The number of rotatable bonds is 3. The van der Waals surface area contributed by atoms with Crippen LogP contribution < -0.4 is 16.4 Å². The smallest absolute Gasteiger partial charge is 0.368 e. The van der Waals surface area contributed by atoms with Crippen LogP contribution in [0.5, 0.6) is 0 Å². The molecule has 3 heterocycles. The zero-order valence-electron chi connectivity index (χ0n) is 17.2. The van der Waals surface area contributed by atoms with E-state index in [9.17, 15) is 27.6 Å². The van der Waals surface area contributed by atoms with E-state index in [1.54, 1.807) is 13.0 Å². The van der Waals surface area contributed by atoms with Crippen LogP contribution in [0, 0.1) is 6.92 Å². The minimum atomic E-state index is -4.68. The zero-order chi connectivity index (χ0) is 23.4. The number of likely N-dealkylation sites (tertiary alicyclic amines) is 1. The first kappa shape index (κ1) is 22.1. The van der Waals surface area contributed by atoms with Gasteiger partial charge in [0, 0.05) is 12.1 Å². The van der Waals surface area contributed by atoms with Crippen molar-refractivity contribution < 1.29 is 27.6 Å². The van der Waals surface area contributed by atoms with Crippen molar-refractivity contribution in [3.63, 3.8) is 0 Å². The molecule has 32 heavy (non-hydrogen) atoms. The van der Waals surface area contributed by atoms with Crippen molar-refractivity contribution in [3.05, 3.63) is 35.0 Å². The summed E-state index contributed by atoms with van der Waals surface area (Å²) in [5, 5.41) is 4.91. The third kappa shape index (κ3) is 3.48. The van der Waals surface area contributed by atoms with Gasteiger partial charge in [0.05, 0.1) is 10.6 Å². The number of anilines is 1. The number of nitrogens with one attached hydrogen (secondary N) is 2. The number of hydrogen-bond donors (Lipinski definition) is 3. The number of carbonyl (C=O) groups excluding carboxylic acids is 3. The third-order valence-electron chi connectivity index (χ3n) is 5.85. The zero-order valence-corrected chi connectivity index (χ0v) is 18.0. The monoisotopic (exact) mass is 467 g/mol. The maximum atomic E-state index is 13.7. The molecule has 2 atom stereocenters. The molecular weight excluding hydrogens is 447 g/mol. The fourth-order valence-electron chi connectivity index (χ4n) is 4.07. The summed E-state index contributed by atoms with van der Waals surface area (Å²) < 4.78 is 41.1. The lowest BCUT2D eigenvalue weighted by Gasteiger charge is -2.28. The van der Waals surface area contributed by atoms with Crippen molar-refractivity contribution in [2.75, 3.05) is 11.9 Å². The van der Waals surface area contributed by atoms with E-state index in [-0.39, 0.29) is 16.3 Å². The lowest BCUT2D eigenvalue weighted by molar-refractivity contribution is -0.190. The molecule has 2 aromatic rings. The average molecular weight is 467 g/mol. The lowest BCUT2D eigenvalue weighted by atomic mass is 9.90. The van der Waals surface area contributed by atoms with E-state index < -0.39 is 35.6 Å². The summed E-state index contributed by atoms with van der Waals surface area (Å²) in [6, 6.07) is 3.04. The van der Waals surface area contributed by atoms with E-state index in [0.29, 0.717) is 35.5 Å². The molecule has 170 valence electrons. The van der Waals surface area contributed by atoms with Gasteiger partial charge in [0.15, 0.2) is 10.7 Å². The van der Waals surface area contributed by atoms with Crippen molar-refractivity contribution in [2.24, 2.45) is 5.73 Å². The van der Waals surface area contributed by atoms with Gasteiger partial charge >= 0.3 is 12.2 Å². The van der Waals surface area contributed by atoms with E-state index in [1.165, 1.54) is 17.0 Å². The lowest BCUT2D eigenvalue weighted by Crippen LogP contribution is -2.49. The fraction of sp³-hybridized carbons (Fsp3) is 0.400. The first-order valence-electron chi connectivity index (χ1n) is 9.81. The quantitative estimate of drug-likeness (QED) is 0.643. The summed E-state index contributed by atoms with van der Waals surface area (Å²) in [7, 11) is 0. The van der Waals surface area contributed by atoms with Crippen LogP contribution in [0.4, 0.5) is 23.1 Å². The summed E-state index contributed by atoms with van der Waals surface area (Å²) in [5.41, 5.74) is 3.61. The largest absolute Gasteiger partial charge is 0.415 e. The number of fused-ring (bicyclic) bond motifs is 1.